The molecule has 0 aromatic rings. The van der Waals surface area contributed by atoms with Crippen molar-refractivity contribution in [2.24, 2.45) is 0 Å². The smallest absolute Gasteiger partial charge is 0.317 e. The molecule has 0 atom stereocenters. The molecule has 0 aromatic carbocycles. The Labute approximate surface area is 89.1 Å². The highest BCUT2D eigenvalue weighted by atomic mass is 16.4. The molecule has 0 aliphatic heterocycles. The van der Waals surface area contributed by atoms with Gasteiger partial charge in [0, 0.05) is 0 Å². The summed E-state index contributed by atoms with van der Waals surface area (Å²) in [5.41, 5.74) is 0. The Kier molecular flexibility index (Phi) is 24.9. The monoisotopic (exact) mass is 205 g/mol. The summed E-state index contributed by atoms with van der Waals surface area (Å²) in [6.45, 7) is 13.9. The number of hydrogen-bond acceptors (Lipinski definition) is 2. The molecule has 0 aromatic heterocycles. The minimum absolute atomic E-state index is 0.171. The molecular formula is C11H27NO2. The van der Waals surface area contributed by atoms with Crippen molar-refractivity contribution in [1.29, 1.82) is 0 Å². The molecule has 0 saturated carbocycles. The molecule has 3 heteroatoms. The first kappa shape index (κ1) is 19.1. The maximum atomic E-state index is 10.2. The summed E-state index contributed by atoms with van der Waals surface area (Å²) in [7, 11) is 0. The van der Waals surface area contributed by atoms with Crippen LogP contribution in [-0.2, 0) is 4.79 Å². The van der Waals surface area contributed by atoms with Crippen molar-refractivity contribution in [2.45, 2.75) is 48.0 Å². The number of carboxylic acids is 1. The van der Waals surface area contributed by atoms with Crippen LogP contribution in [0, 0.1) is 0 Å². The lowest BCUT2D eigenvalue weighted by atomic mass is 10.4. The van der Waals surface area contributed by atoms with E-state index in [1.807, 2.05) is 46.4 Å². The average molecular weight is 205 g/mol. The molecule has 3 nitrogen and oxygen atoms in total. The maximum Gasteiger partial charge on any atom is 0.317 e. The van der Waals surface area contributed by atoms with Crippen LogP contribution in [0.5, 0.6) is 0 Å². The van der Waals surface area contributed by atoms with E-state index in [4.69, 9.17) is 5.11 Å². The Morgan fingerprint density at radius 3 is 1.79 bits per heavy atom. The van der Waals surface area contributed by atoms with Gasteiger partial charge in [0.05, 0.1) is 6.54 Å². The lowest BCUT2D eigenvalue weighted by Gasteiger charge is -2.15. The van der Waals surface area contributed by atoms with Gasteiger partial charge in [-0.1, -0.05) is 41.5 Å². The van der Waals surface area contributed by atoms with Crippen LogP contribution < -0.4 is 0 Å². The van der Waals surface area contributed by atoms with E-state index in [2.05, 4.69) is 0 Å². The summed E-state index contributed by atoms with van der Waals surface area (Å²) in [6, 6.07) is 0. The molecule has 0 bridgehead atoms. The molecule has 0 fully saturated rings. The Morgan fingerprint density at radius 1 is 1.14 bits per heavy atom. The number of likely N-dealkylation sites (N-methyl/N-ethyl adjacent to an activating group) is 1. The van der Waals surface area contributed by atoms with E-state index in [1.165, 1.54) is 0 Å². The summed E-state index contributed by atoms with van der Waals surface area (Å²) in [4.78, 5) is 12.1. The van der Waals surface area contributed by atoms with Gasteiger partial charge in [0.2, 0.25) is 0 Å². The largest absolute Gasteiger partial charge is 0.480 e. The van der Waals surface area contributed by atoms with E-state index < -0.39 is 5.97 Å². The lowest BCUT2D eigenvalue weighted by Crippen LogP contribution is -2.30. The molecule has 0 aliphatic carbocycles. The molecule has 0 rings (SSSR count). The molecule has 0 aliphatic rings. The molecule has 0 saturated heterocycles. The fraction of sp³-hybridized carbons (Fsp3) is 0.909. The van der Waals surface area contributed by atoms with Crippen LogP contribution in [0.4, 0.5) is 0 Å². The van der Waals surface area contributed by atoms with Crippen LogP contribution in [0.3, 0.4) is 0 Å². The zero-order valence-electron chi connectivity index (χ0n) is 10.6. The van der Waals surface area contributed by atoms with Crippen LogP contribution in [0.2, 0.25) is 0 Å². The standard InChI is InChI=1S/C7H15NO2.2C2H6/c1-3-5-8(4-2)6-7(9)10;2*1-2/h3-6H2,1-2H3,(H,9,10);2*1-2H3. The fourth-order valence-corrected chi connectivity index (χ4v) is 0.856. The zero-order chi connectivity index (χ0) is 12.0. The van der Waals surface area contributed by atoms with Gasteiger partial charge in [-0.25, -0.2) is 0 Å². The summed E-state index contributed by atoms with van der Waals surface area (Å²) in [5, 5.41) is 8.40. The first-order chi connectivity index (χ1) is 6.70. The topological polar surface area (TPSA) is 40.5 Å². The Morgan fingerprint density at radius 2 is 1.57 bits per heavy atom. The van der Waals surface area contributed by atoms with Gasteiger partial charge < -0.3 is 5.11 Å². The molecule has 0 spiro atoms. The van der Waals surface area contributed by atoms with E-state index in [0.717, 1.165) is 19.5 Å². The highest BCUT2D eigenvalue weighted by Crippen LogP contribution is 1.89. The summed E-state index contributed by atoms with van der Waals surface area (Å²) in [5.74, 6) is -0.740. The number of rotatable bonds is 5. The van der Waals surface area contributed by atoms with E-state index >= 15 is 0 Å². The van der Waals surface area contributed by atoms with Crippen molar-refractivity contribution >= 4 is 5.97 Å². The van der Waals surface area contributed by atoms with Gasteiger partial charge in [-0.15, -0.1) is 0 Å². The zero-order valence-corrected chi connectivity index (χ0v) is 10.6. The summed E-state index contributed by atoms with van der Waals surface area (Å²) < 4.78 is 0. The Bertz CT molecular complexity index is 105. The quantitative estimate of drug-likeness (QED) is 0.750. The highest BCUT2D eigenvalue weighted by molar-refractivity contribution is 5.69. The predicted molar refractivity (Wildman–Crippen MR) is 62.7 cm³/mol. The van der Waals surface area contributed by atoms with Gasteiger partial charge in [0.1, 0.15) is 0 Å². The third-order valence-corrected chi connectivity index (χ3v) is 1.35. The molecular weight excluding hydrogens is 178 g/mol. The minimum Gasteiger partial charge on any atom is -0.480 e. The van der Waals surface area contributed by atoms with E-state index in [0.29, 0.717) is 0 Å². The average Bonchev–Trinajstić information content (AvgIpc) is 2.22. The number of carbonyl (C=O) groups is 1. The maximum absolute atomic E-state index is 10.2. The Hall–Kier alpha value is -0.570. The molecule has 1 N–H and O–H groups in total. The minimum atomic E-state index is -0.740. The van der Waals surface area contributed by atoms with Crippen molar-refractivity contribution in [3.63, 3.8) is 0 Å². The van der Waals surface area contributed by atoms with E-state index in [1.54, 1.807) is 0 Å². The SMILES string of the molecule is CC.CC.CCCN(CC)CC(=O)O. The second-order valence-corrected chi connectivity index (χ2v) is 2.26. The van der Waals surface area contributed by atoms with Gasteiger partial charge in [-0.2, -0.15) is 0 Å². The fourth-order valence-electron chi connectivity index (χ4n) is 0.856. The molecule has 14 heavy (non-hydrogen) atoms. The highest BCUT2D eigenvalue weighted by Gasteiger charge is 2.04. The van der Waals surface area contributed by atoms with Gasteiger partial charge >= 0.3 is 5.97 Å². The number of carboxylic acid groups (broad SMARTS) is 1. The summed E-state index contributed by atoms with van der Waals surface area (Å²) >= 11 is 0. The lowest BCUT2D eigenvalue weighted by molar-refractivity contribution is -0.138. The molecule has 0 radical (unpaired) electrons. The molecule has 88 valence electrons. The van der Waals surface area contributed by atoms with Crippen LogP contribution in [-0.4, -0.2) is 35.6 Å². The van der Waals surface area contributed by atoms with Crippen molar-refractivity contribution < 1.29 is 9.90 Å². The second kappa shape index (κ2) is 18.3. The van der Waals surface area contributed by atoms with E-state index in [-0.39, 0.29) is 6.54 Å². The van der Waals surface area contributed by atoms with Gasteiger partial charge in [0.15, 0.2) is 0 Å². The van der Waals surface area contributed by atoms with Crippen LogP contribution >= 0.6 is 0 Å². The van der Waals surface area contributed by atoms with E-state index in [9.17, 15) is 4.79 Å². The number of hydrogen-bond donors (Lipinski definition) is 1. The predicted octanol–water partition coefficient (Wildman–Crippen LogP) is 2.86. The third kappa shape index (κ3) is 17.5. The number of nitrogens with zero attached hydrogens (tertiary/aromatic N) is 1. The van der Waals surface area contributed by atoms with Gasteiger partial charge in [-0.3, -0.25) is 9.69 Å². The van der Waals surface area contributed by atoms with Crippen LogP contribution in [0.1, 0.15) is 48.0 Å². The van der Waals surface area contributed by atoms with Gasteiger partial charge in [0.25, 0.3) is 0 Å². The number of aliphatic carboxylic acids is 1. The second-order valence-electron chi connectivity index (χ2n) is 2.26. The molecule has 0 heterocycles. The first-order valence-electron chi connectivity index (χ1n) is 5.64. The van der Waals surface area contributed by atoms with Gasteiger partial charge in [-0.05, 0) is 19.5 Å². The third-order valence-electron chi connectivity index (χ3n) is 1.35. The molecule has 0 unspecified atom stereocenters. The van der Waals surface area contributed by atoms with Crippen molar-refractivity contribution in [3.8, 4) is 0 Å². The van der Waals surface area contributed by atoms with Crippen molar-refractivity contribution in [3.05, 3.63) is 0 Å². The molecule has 0 amide bonds. The normalized spacial score (nSPS) is 8.21. The first-order valence-corrected chi connectivity index (χ1v) is 5.64. The van der Waals surface area contributed by atoms with Crippen molar-refractivity contribution in [1.82, 2.24) is 4.90 Å². The van der Waals surface area contributed by atoms with Crippen LogP contribution in [0.15, 0.2) is 0 Å². The Balaban J connectivity index is -0.000000266. The van der Waals surface area contributed by atoms with Crippen LogP contribution in [0.25, 0.3) is 0 Å². The van der Waals surface area contributed by atoms with Crippen molar-refractivity contribution in [2.75, 3.05) is 19.6 Å². The summed E-state index contributed by atoms with van der Waals surface area (Å²) in [6.07, 6.45) is 1.02.